The molecule has 0 aliphatic rings. The Morgan fingerprint density at radius 1 is 1.26 bits per heavy atom. The summed E-state index contributed by atoms with van der Waals surface area (Å²) in [5, 5.41) is 19.1. The number of halogens is 5. The zero-order chi connectivity index (χ0) is 14.6. The Balaban J connectivity index is 2.88. The van der Waals surface area contributed by atoms with Gasteiger partial charge in [-0.25, -0.2) is 4.39 Å². The maximum atomic E-state index is 13.5. The van der Waals surface area contributed by atoms with Crippen LogP contribution in [0.4, 0.5) is 17.6 Å². The summed E-state index contributed by atoms with van der Waals surface area (Å²) in [6.45, 7) is 0. The van der Waals surface area contributed by atoms with Crippen LogP contribution >= 0.6 is 11.6 Å². The van der Waals surface area contributed by atoms with E-state index in [4.69, 9.17) is 11.6 Å². The van der Waals surface area contributed by atoms with Gasteiger partial charge in [-0.05, 0) is 18.6 Å². The van der Waals surface area contributed by atoms with Crippen LogP contribution in [0, 0.1) is 5.82 Å². The van der Waals surface area contributed by atoms with E-state index >= 15 is 0 Å². The Labute approximate surface area is 111 Å². The molecule has 0 radical (unpaired) electrons. The largest absolute Gasteiger partial charge is 0.573 e. The lowest BCUT2D eigenvalue weighted by molar-refractivity contribution is -0.274. The minimum atomic E-state index is -4.93. The van der Waals surface area contributed by atoms with E-state index in [1.807, 2.05) is 0 Å². The molecule has 0 heterocycles. The highest BCUT2D eigenvalue weighted by Gasteiger charge is 2.31. The van der Waals surface area contributed by atoms with Crippen molar-refractivity contribution >= 4 is 11.6 Å². The van der Waals surface area contributed by atoms with Gasteiger partial charge in [-0.1, -0.05) is 0 Å². The highest BCUT2D eigenvalue weighted by Crippen LogP contribution is 2.28. The van der Waals surface area contributed by atoms with E-state index < -0.39 is 30.1 Å². The van der Waals surface area contributed by atoms with Crippen LogP contribution in [0.1, 0.15) is 18.1 Å². The highest BCUT2D eigenvalue weighted by atomic mass is 35.5. The molecule has 3 nitrogen and oxygen atoms in total. The summed E-state index contributed by atoms with van der Waals surface area (Å²) in [5.41, 5.74) is -0.327. The van der Waals surface area contributed by atoms with Gasteiger partial charge in [0, 0.05) is 17.5 Å². The van der Waals surface area contributed by atoms with Gasteiger partial charge in [0.05, 0.1) is 6.10 Å². The van der Waals surface area contributed by atoms with Crippen molar-refractivity contribution in [3.8, 4) is 5.75 Å². The number of aliphatic hydroxyl groups excluding tert-OH is 2. The molecule has 108 valence electrons. The van der Waals surface area contributed by atoms with E-state index in [-0.39, 0.29) is 17.9 Å². The van der Waals surface area contributed by atoms with Gasteiger partial charge in [-0.3, -0.25) is 0 Å². The van der Waals surface area contributed by atoms with Crippen molar-refractivity contribution in [2.45, 2.75) is 25.0 Å². The van der Waals surface area contributed by atoms with Crippen LogP contribution in [-0.2, 0) is 0 Å². The summed E-state index contributed by atoms with van der Waals surface area (Å²) in [7, 11) is 0. The predicted molar refractivity (Wildman–Crippen MR) is 59.4 cm³/mol. The lowest BCUT2D eigenvalue weighted by atomic mass is 10.0. The zero-order valence-corrected chi connectivity index (χ0v) is 10.2. The van der Waals surface area contributed by atoms with E-state index in [1.165, 1.54) is 0 Å². The van der Waals surface area contributed by atoms with Crippen molar-refractivity contribution in [2.24, 2.45) is 0 Å². The smallest absolute Gasteiger partial charge is 0.406 e. The Hall–Kier alpha value is -1.05. The molecule has 0 aliphatic heterocycles. The number of hydrogen-bond donors (Lipinski definition) is 2. The molecule has 0 bridgehead atoms. The molecule has 0 spiro atoms. The van der Waals surface area contributed by atoms with Gasteiger partial charge in [-0.15, -0.1) is 24.8 Å². The molecule has 8 heteroatoms. The minimum absolute atomic E-state index is 0.0168. The first-order chi connectivity index (χ1) is 8.74. The molecule has 0 aromatic heterocycles. The lowest BCUT2D eigenvalue weighted by Gasteiger charge is -2.18. The Kier molecular flexibility index (Phi) is 5.39. The SMILES string of the molecule is OC(CCCl)C(O)c1ccc(OC(F)(F)F)cc1F. The number of alkyl halides is 4. The van der Waals surface area contributed by atoms with E-state index in [9.17, 15) is 27.8 Å². The molecule has 19 heavy (non-hydrogen) atoms. The van der Waals surface area contributed by atoms with Gasteiger partial charge in [0.1, 0.15) is 17.7 Å². The summed E-state index contributed by atoms with van der Waals surface area (Å²) in [6.07, 6.45) is -7.78. The lowest BCUT2D eigenvalue weighted by Crippen LogP contribution is -2.20. The normalized spacial score (nSPS) is 15.1. The van der Waals surface area contributed by atoms with Crippen LogP contribution in [0.25, 0.3) is 0 Å². The Morgan fingerprint density at radius 2 is 1.89 bits per heavy atom. The van der Waals surface area contributed by atoms with E-state index in [0.717, 1.165) is 12.1 Å². The second-order valence-electron chi connectivity index (χ2n) is 3.72. The number of aliphatic hydroxyl groups is 2. The van der Waals surface area contributed by atoms with Gasteiger partial charge in [-0.2, -0.15) is 0 Å². The van der Waals surface area contributed by atoms with Crippen LogP contribution in [0.5, 0.6) is 5.75 Å². The van der Waals surface area contributed by atoms with Crippen LogP contribution in [-0.4, -0.2) is 28.6 Å². The molecule has 0 amide bonds. The van der Waals surface area contributed by atoms with Crippen molar-refractivity contribution in [3.05, 3.63) is 29.6 Å². The molecule has 1 aromatic carbocycles. The van der Waals surface area contributed by atoms with Crippen molar-refractivity contribution in [1.82, 2.24) is 0 Å². The van der Waals surface area contributed by atoms with Crippen molar-refractivity contribution in [1.29, 1.82) is 0 Å². The van der Waals surface area contributed by atoms with Crippen molar-refractivity contribution < 1.29 is 32.5 Å². The van der Waals surface area contributed by atoms with Crippen molar-refractivity contribution in [3.63, 3.8) is 0 Å². The summed E-state index contributed by atoms with van der Waals surface area (Å²) >= 11 is 5.36. The van der Waals surface area contributed by atoms with Gasteiger partial charge >= 0.3 is 6.36 Å². The zero-order valence-electron chi connectivity index (χ0n) is 9.49. The molecule has 0 aliphatic carbocycles. The molecule has 2 N–H and O–H groups in total. The van der Waals surface area contributed by atoms with Gasteiger partial charge in [0.2, 0.25) is 0 Å². The fourth-order valence-corrected chi connectivity index (χ4v) is 1.65. The average Bonchev–Trinajstić information content (AvgIpc) is 2.26. The molecule has 2 atom stereocenters. The molecule has 2 unspecified atom stereocenters. The predicted octanol–water partition coefficient (Wildman–Crippen LogP) is 2.75. The number of rotatable bonds is 5. The monoisotopic (exact) mass is 302 g/mol. The maximum absolute atomic E-state index is 13.5. The van der Waals surface area contributed by atoms with Gasteiger partial charge in [0.15, 0.2) is 0 Å². The minimum Gasteiger partial charge on any atom is -0.406 e. The Morgan fingerprint density at radius 3 is 2.37 bits per heavy atom. The highest BCUT2D eigenvalue weighted by molar-refractivity contribution is 6.17. The second-order valence-corrected chi connectivity index (χ2v) is 4.10. The molecule has 0 fully saturated rings. The summed E-state index contributed by atoms with van der Waals surface area (Å²) in [5.74, 6) is -1.80. The first kappa shape index (κ1) is 16.0. The third kappa shape index (κ3) is 4.85. The van der Waals surface area contributed by atoms with Crippen LogP contribution in [0.15, 0.2) is 18.2 Å². The van der Waals surface area contributed by atoms with E-state index in [2.05, 4.69) is 4.74 Å². The number of benzene rings is 1. The van der Waals surface area contributed by atoms with E-state index in [0.29, 0.717) is 6.07 Å². The summed E-state index contributed by atoms with van der Waals surface area (Å²) in [6, 6.07) is 2.25. The molecular weight excluding hydrogens is 292 g/mol. The molecule has 0 saturated carbocycles. The van der Waals surface area contributed by atoms with Crippen LogP contribution in [0.3, 0.4) is 0 Å². The quantitative estimate of drug-likeness (QED) is 0.649. The molecule has 1 rings (SSSR count). The number of hydrogen-bond acceptors (Lipinski definition) is 3. The fourth-order valence-electron chi connectivity index (χ4n) is 1.42. The standard InChI is InChI=1S/C11H11ClF4O3/c12-4-3-9(17)10(18)7-2-1-6(5-8(7)13)19-11(14,15)16/h1-2,5,9-10,17-18H,3-4H2. The summed E-state index contributed by atoms with van der Waals surface area (Å²) < 4.78 is 52.8. The topological polar surface area (TPSA) is 49.7 Å². The first-order valence-corrected chi connectivity index (χ1v) is 5.75. The molecule has 0 saturated heterocycles. The third-order valence-corrected chi connectivity index (χ3v) is 2.51. The van der Waals surface area contributed by atoms with Crippen LogP contribution in [0.2, 0.25) is 0 Å². The van der Waals surface area contributed by atoms with Gasteiger partial charge < -0.3 is 14.9 Å². The number of ether oxygens (including phenoxy) is 1. The maximum Gasteiger partial charge on any atom is 0.573 e. The molecular formula is C11H11ClF4O3. The first-order valence-electron chi connectivity index (χ1n) is 5.22. The van der Waals surface area contributed by atoms with Crippen molar-refractivity contribution in [2.75, 3.05) is 5.88 Å². The van der Waals surface area contributed by atoms with E-state index in [1.54, 1.807) is 0 Å². The molecule has 1 aromatic rings. The van der Waals surface area contributed by atoms with Crippen LogP contribution < -0.4 is 4.74 Å². The second kappa shape index (κ2) is 6.40. The third-order valence-electron chi connectivity index (χ3n) is 2.29. The van der Waals surface area contributed by atoms with Gasteiger partial charge in [0.25, 0.3) is 0 Å². The summed E-state index contributed by atoms with van der Waals surface area (Å²) in [4.78, 5) is 0. The average molecular weight is 303 g/mol. The fraction of sp³-hybridized carbons (Fsp3) is 0.455. The Bertz CT molecular complexity index is 425.